The molecule has 0 radical (unpaired) electrons. The van der Waals surface area contributed by atoms with E-state index in [1.165, 1.54) is 76.4 Å². The van der Waals surface area contributed by atoms with Crippen LogP contribution in [-0.2, 0) is 55.2 Å². The lowest BCUT2D eigenvalue weighted by Crippen LogP contribution is -2.42. The van der Waals surface area contributed by atoms with Crippen molar-refractivity contribution >= 4 is 91.5 Å². The normalized spacial score (nSPS) is 14.2. The van der Waals surface area contributed by atoms with Crippen LogP contribution in [0, 0.1) is 5.92 Å². The molecule has 4 N–H and O–H groups in total. The minimum atomic E-state index is -1.12. The van der Waals surface area contributed by atoms with Gasteiger partial charge in [0, 0.05) is 93.1 Å². The highest BCUT2D eigenvalue weighted by Crippen LogP contribution is 2.43. The molecule has 1 fully saturated rings. The number of likely N-dealkylation sites (tertiary alicyclic amines) is 1. The Morgan fingerprint density at radius 1 is 0.657 bits per heavy atom. The topological polar surface area (TPSA) is 288 Å². The van der Waals surface area contributed by atoms with E-state index in [-0.39, 0.29) is 102 Å². The first kappa shape index (κ1) is 83.8. The SMILES string of the molecule is CNC(=O)CCC(=O)O[C@@H]1C[C@@H](COC(c2ccccc2)(c2ccc(OC)cc2)c2ccc(OC)cc2)N(C(=O)CCC(C)SSCCCC(=O)CCCCCCCCCCCCCCCCC(=O)CC[C@@H](C)NC(=O)c2ccc(N(Cc3cnc4nc(NC(=O)C(C)C)[nH]c(=O)c4n3)C(C)=O)cc2)C1. The molecule has 1 unspecified atom stereocenters. The van der Waals surface area contributed by atoms with Gasteiger partial charge in [-0.15, -0.1) is 0 Å². The van der Waals surface area contributed by atoms with Crippen molar-refractivity contribution in [3.63, 3.8) is 0 Å². The molecule has 0 saturated carbocycles. The number of nitrogens with zero attached hydrogens (tertiary/aromatic N) is 5. The molecule has 1 aliphatic rings. The molecule has 5 amide bonds. The molecule has 0 aliphatic carbocycles. The van der Waals surface area contributed by atoms with Gasteiger partial charge in [0.1, 0.15) is 34.8 Å². The summed E-state index contributed by atoms with van der Waals surface area (Å²) < 4.78 is 24.3. The highest BCUT2D eigenvalue weighted by molar-refractivity contribution is 8.76. The van der Waals surface area contributed by atoms with Crippen molar-refractivity contribution in [1.82, 2.24) is 35.5 Å². The van der Waals surface area contributed by atoms with Crippen molar-refractivity contribution in [2.24, 2.45) is 5.92 Å². The lowest BCUT2D eigenvalue weighted by Gasteiger charge is -2.38. The van der Waals surface area contributed by atoms with Gasteiger partial charge in [0.25, 0.3) is 11.5 Å². The Hall–Kier alpha value is -8.48. The van der Waals surface area contributed by atoms with Crippen LogP contribution in [0.25, 0.3) is 11.2 Å². The maximum absolute atomic E-state index is 14.3. The molecular formula is C81H109N9O13S2. The zero-order valence-electron chi connectivity index (χ0n) is 62.6. The van der Waals surface area contributed by atoms with E-state index in [9.17, 15) is 43.2 Å². The number of hydrogen-bond acceptors (Lipinski definition) is 18. The third-order valence-electron chi connectivity index (χ3n) is 18.9. The van der Waals surface area contributed by atoms with E-state index in [4.69, 9.17) is 18.9 Å². The molecule has 1 saturated heterocycles. The number of ketones is 2. The number of esters is 1. The molecule has 4 atom stereocenters. The predicted octanol–water partition coefficient (Wildman–Crippen LogP) is 14.5. The number of amides is 5. The highest BCUT2D eigenvalue weighted by Gasteiger charge is 2.43. The first-order chi connectivity index (χ1) is 50.7. The van der Waals surface area contributed by atoms with Gasteiger partial charge in [-0.1, -0.05) is 174 Å². The molecule has 24 heteroatoms. The molecule has 105 heavy (non-hydrogen) atoms. The fraction of sp³-hybridized carbons (Fsp3) is 0.531. The smallest absolute Gasteiger partial charge is 0.306 e. The summed E-state index contributed by atoms with van der Waals surface area (Å²) in [4.78, 5) is 134. The summed E-state index contributed by atoms with van der Waals surface area (Å²) in [5.41, 5.74) is 2.16. The monoisotopic (exact) mass is 1480 g/mol. The van der Waals surface area contributed by atoms with Gasteiger partial charge in [0.05, 0.1) is 58.3 Å². The number of ether oxygens (including phenoxy) is 4. The number of methoxy groups -OCH3 is 2. The number of rotatable bonds is 48. The van der Waals surface area contributed by atoms with E-state index in [0.717, 1.165) is 67.4 Å². The van der Waals surface area contributed by atoms with Gasteiger partial charge in [-0.2, -0.15) is 4.98 Å². The van der Waals surface area contributed by atoms with Gasteiger partial charge < -0.3 is 39.4 Å². The maximum atomic E-state index is 14.3. The van der Waals surface area contributed by atoms with Crippen molar-refractivity contribution in [1.29, 1.82) is 0 Å². The minimum absolute atomic E-state index is 0.00293. The fourth-order valence-electron chi connectivity index (χ4n) is 12.8. The van der Waals surface area contributed by atoms with Crippen LogP contribution in [0.2, 0.25) is 0 Å². The summed E-state index contributed by atoms with van der Waals surface area (Å²) in [5, 5.41) is 8.26. The van der Waals surface area contributed by atoms with Crippen molar-refractivity contribution in [3.8, 4) is 11.5 Å². The van der Waals surface area contributed by atoms with Crippen molar-refractivity contribution in [3.05, 3.63) is 148 Å². The van der Waals surface area contributed by atoms with E-state index in [0.29, 0.717) is 85.6 Å². The summed E-state index contributed by atoms with van der Waals surface area (Å²) >= 11 is 0. The molecule has 4 aromatic carbocycles. The zero-order valence-corrected chi connectivity index (χ0v) is 64.3. The lowest BCUT2D eigenvalue weighted by molar-refractivity contribution is -0.150. The average molecular weight is 1480 g/mol. The van der Waals surface area contributed by atoms with E-state index in [2.05, 4.69) is 42.8 Å². The van der Waals surface area contributed by atoms with Gasteiger partial charge in [0.2, 0.25) is 29.6 Å². The van der Waals surface area contributed by atoms with Crippen LogP contribution in [0.3, 0.4) is 0 Å². The Labute approximate surface area is 627 Å². The summed E-state index contributed by atoms with van der Waals surface area (Å²) in [5.74, 6) is 0.764. The van der Waals surface area contributed by atoms with Crippen LogP contribution < -0.4 is 35.9 Å². The summed E-state index contributed by atoms with van der Waals surface area (Å²) in [6.45, 7) is 9.19. The molecule has 2 aromatic heterocycles. The van der Waals surface area contributed by atoms with Gasteiger partial charge in [0.15, 0.2) is 11.2 Å². The van der Waals surface area contributed by atoms with E-state index in [1.807, 2.05) is 85.8 Å². The van der Waals surface area contributed by atoms with Gasteiger partial charge >= 0.3 is 5.97 Å². The predicted molar refractivity (Wildman–Crippen MR) is 414 cm³/mol. The average Bonchev–Trinajstić information content (AvgIpc) is 1.21. The van der Waals surface area contributed by atoms with Crippen LogP contribution in [0.4, 0.5) is 11.6 Å². The third-order valence-corrected chi connectivity index (χ3v) is 22.0. The molecular weight excluding hydrogens is 1370 g/mol. The number of H-pyrrole nitrogens is 1. The second-order valence-corrected chi connectivity index (χ2v) is 30.5. The number of unbranched alkanes of at least 4 members (excludes halogenated alkanes) is 13. The van der Waals surface area contributed by atoms with Crippen LogP contribution in [0.1, 0.15) is 228 Å². The molecule has 1 aliphatic heterocycles. The van der Waals surface area contributed by atoms with E-state index in [1.54, 1.807) is 78.8 Å². The fourth-order valence-corrected chi connectivity index (χ4v) is 15.2. The lowest BCUT2D eigenvalue weighted by atomic mass is 9.80. The zero-order chi connectivity index (χ0) is 75.5. The van der Waals surface area contributed by atoms with E-state index >= 15 is 0 Å². The molecule has 0 spiro atoms. The second-order valence-electron chi connectivity index (χ2n) is 27.6. The van der Waals surface area contributed by atoms with Crippen LogP contribution >= 0.6 is 21.6 Å². The molecule has 7 rings (SSSR count). The van der Waals surface area contributed by atoms with E-state index < -0.39 is 29.3 Å². The maximum Gasteiger partial charge on any atom is 0.306 e. The first-order valence-electron chi connectivity index (χ1n) is 37.5. The number of nitrogens with one attached hydrogen (secondary N) is 4. The first-order valence-corrected chi connectivity index (χ1v) is 39.8. The molecule has 3 heterocycles. The van der Waals surface area contributed by atoms with Crippen molar-refractivity contribution in [2.75, 3.05) is 50.4 Å². The summed E-state index contributed by atoms with van der Waals surface area (Å²) in [6, 6.07) is 31.5. The Kier molecular flexibility index (Phi) is 35.5. The van der Waals surface area contributed by atoms with Crippen LogP contribution in [0.5, 0.6) is 11.5 Å². The van der Waals surface area contributed by atoms with Gasteiger partial charge in [-0.05, 0) is 104 Å². The number of aromatic nitrogens is 4. The molecule has 6 aromatic rings. The minimum Gasteiger partial charge on any atom is -0.497 e. The Morgan fingerprint density at radius 2 is 1.22 bits per heavy atom. The standard InChI is InChI=1S/C81H109N9O13S2/c1-56(2)77(97)87-80-86-76-75(79(99)88-80)85-64(52-83-76)53-89(59(5)91)65-40-34-60(35-41-65)78(98)84-57(3)32-42-68(93)30-25-20-18-16-14-12-10-9-11-13-15-17-19-24-29-67(92)31-26-50-104-105-58(4)33-48-73(95)90-54-71(103-74(96)49-47-72(94)82-6)51-66(90)55-102-81(61-27-22-21-23-28-61,62-36-43-69(100-7)44-37-62)63-38-45-70(101-8)46-39-63/h21-23,27-28,34-41,43-46,52,56-58,66,71H,9-20,24-26,29-33,42,47-51,53-55H2,1-8H3,(H,82,94)(H,84,98)(H2,83,86,87,88,97,99)/t57-,58?,66+,71-/m1/s1. The van der Waals surface area contributed by atoms with Gasteiger partial charge in [-0.25, -0.2) is 9.97 Å². The quantitative estimate of drug-likeness (QED) is 0.0119. The highest BCUT2D eigenvalue weighted by atomic mass is 33.1. The Morgan fingerprint density at radius 3 is 1.78 bits per heavy atom. The third kappa shape index (κ3) is 27.4. The summed E-state index contributed by atoms with van der Waals surface area (Å²) in [7, 11) is 8.28. The number of hydrogen-bond donors (Lipinski definition) is 4. The number of benzene rings is 4. The Bertz CT molecular complexity index is 3760. The summed E-state index contributed by atoms with van der Waals surface area (Å²) in [6.07, 6.45) is 21.7. The number of carbonyl (C=O) groups is 8. The van der Waals surface area contributed by atoms with Gasteiger partial charge in [-0.3, -0.25) is 53.5 Å². The Balaban J connectivity index is 0.692. The largest absolute Gasteiger partial charge is 0.497 e. The van der Waals surface area contributed by atoms with Crippen molar-refractivity contribution in [2.45, 2.75) is 231 Å². The van der Waals surface area contributed by atoms with Crippen molar-refractivity contribution < 1.29 is 57.3 Å². The number of fused-ring (bicyclic) bond motifs is 1. The molecule has 568 valence electrons. The molecule has 0 bridgehead atoms. The number of anilines is 2. The second kappa shape index (κ2) is 44.5. The number of aromatic amines is 1. The molecule has 22 nitrogen and oxygen atoms in total. The van der Waals surface area contributed by atoms with Crippen LogP contribution in [0.15, 0.2) is 114 Å². The number of carbonyl (C=O) groups excluding carboxylic acids is 8. The van der Waals surface area contributed by atoms with Crippen LogP contribution in [-0.4, -0.2) is 136 Å². The number of Topliss-reactive ketones (excluding diaryl/α,β-unsaturated/α-hetero) is 2.